The van der Waals surface area contributed by atoms with E-state index in [1.165, 1.54) is 18.2 Å². The molecule has 164 valence electrons. The second-order valence-corrected chi connectivity index (χ2v) is 6.61. The first-order chi connectivity index (χ1) is 15.0. The number of anilines is 2. The zero-order valence-corrected chi connectivity index (χ0v) is 17.0. The molecule has 31 heavy (non-hydrogen) atoms. The first kappa shape index (κ1) is 22.0. The number of ether oxygens (including phenoxy) is 3. The largest absolute Gasteiger partial charge is 0.477 e. The maximum atomic E-state index is 12.5. The minimum atomic E-state index is -0.580. The van der Waals surface area contributed by atoms with E-state index in [0.717, 1.165) is 0 Å². The number of carbonyl (C=O) groups is 2. The van der Waals surface area contributed by atoms with Gasteiger partial charge in [-0.1, -0.05) is 12.1 Å². The van der Waals surface area contributed by atoms with Gasteiger partial charge in [0.15, 0.2) is 12.4 Å². The van der Waals surface area contributed by atoms with Crippen molar-refractivity contribution in [1.82, 2.24) is 0 Å². The molecular formula is C21H23N3O7. The number of nitrogens with zero attached hydrogens (tertiary/aromatic N) is 2. The van der Waals surface area contributed by atoms with E-state index in [1.807, 2.05) is 4.90 Å². The van der Waals surface area contributed by atoms with E-state index >= 15 is 0 Å². The molecule has 1 N–H and O–H groups in total. The minimum Gasteiger partial charge on any atom is -0.477 e. The third-order valence-electron chi connectivity index (χ3n) is 4.55. The van der Waals surface area contributed by atoms with Crippen molar-refractivity contribution >= 4 is 28.9 Å². The first-order valence-electron chi connectivity index (χ1n) is 9.79. The van der Waals surface area contributed by atoms with E-state index in [9.17, 15) is 19.7 Å². The molecule has 1 heterocycles. The normalized spacial score (nSPS) is 13.4. The quantitative estimate of drug-likeness (QED) is 0.386. The molecular weight excluding hydrogens is 406 g/mol. The van der Waals surface area contributed by atoms with E-state index in [2.05, 4.69) is 5.32 Å². The number of rotatable bonds is 8. The molecule has 1 fully saturated rings. The Labute approximate surface area is 178 Å². The van der Waals surface area contributed by atoms with E-state index < -0.39 is 23.4 Å². The van der Waals surface area contributed by atoms with Crippen molar-refractivity contribution < 1.29 is 28.7 Å². The summed E-state index contributed by atoms with van der Waals surface area (Å²) in [5, 5.41) is 13.7. The average molecular weight is 429 g/mol. The van der Waals surface area contributed by atoms with Crippen molar-refractivity contribution in [2.24, 2.45) is 0 Å². The van der Waals surface area contributed by atoms with Crippen molar-refractivity contribution in [2.45, 2.75) is 6.92 Å². The minimum absolute atomic E-state index is 0.00229. The van der Waals surface area contributed by atoms with Crippen LogP contribution >= 0.6 is 0 Å². The summed E-state index contributed by atoms with van der Waals surface area (Å²) in [5.74, 6) is -1.01. The van der Waals surface area contributed by atoms with Gasteiger partial charge in [0, 0.05) is 24.8 Å². The number of nitrogens with one attached hydrogen (secondary N) is 1. The second-order valence-electron chi connectivity index (χ2n) is 6.61. The third kappa shape index (κ3) is 5.70. The van der Waals surface area contributed by atoms with Crippen LogP contribution in [0, 0.1) is 10.1 Å². The van der Waals surface area contributed by atoms with Crippen molar-refractivity contribution in [3.63, 3.8) is 0 Å². The Morgan fingerprint density at radius 3 is 2.65 bits per heavy atom. The summed E-state index contributed by atoms with van der Waals surface area (Å²) in [6.07, 6.45) is 0. The predicted octanol–water partition coefficient (Wildman–Crippen LogP) is 2.63. The topological polar surface area (TPSA) is 120 Å². The van der Waals surface area contributed by atoms with Gasteiger partial charge in [-0.05, 0) is 31.2 Å². The van der Waals surface area contributed by atoms with E-state index in [4.69, 9.17) is 14.2 Å². The monoisotopic (exact) mass is 429 g/mol. The second kappa shape index (κ2) is 10.4. The highest BCUT2D eigenvalue weighted by atomic mass is 16.6. The number of hydrogen-bond donors (Lipinski definition) is 1. The van der Waals surface area contributed by atoms with Crippen LogP contribution in [-0.4, -0.2) is 56.3 Å². The average Bonchev–Trinajstić information content (AvgIpc) is 2.78. The van der Waals surface area contributed by atoms with Crippen molar-refractivity contribution in [1.29, 1.82) is 0 Å². The Kier molecular flexibility index (Phi) is 7.39. The zero-order valence-electron chi connectivity index (χ0n) is 17.0. The number of nitro benzene ring substituents is 1. The zero-order chi connectivity index (χ0) is 22.2. The number of nitro groups is 1. The van der Waals surface area contributed by atoms with Crippen LogP contribution in [0.25, 0.3) is 0 Å². The highest BCUT2D eigenvalue weighted by Crippen LogP contribution is 2.27. The molecule has 0 aromatic heterocycles. The summed E-state index contributed by atoms with van der Waals surface area (Å²) in [7, 11) is 0. The van der Waals surface area contributed by atoms with Crippen molar-refractivity contribution in [3.05, 3.63) is 58.1 Å². The van der Waals surface area contributed by atoms with Gasteiger partial charge in [-0.15, -0.1) is 0 Å². The molecule has 3 rings (SSSR count). The number of morpholine rings is 1. The molecule has 1 aliphatic rings. The third-order valence-corrected chi connectivity index (χ3v) is 4.55. The van der Waals surface area contributed by atoms with Gasteiger partial charge < -0.3 is 24.4 Å². The maximum Gasteiger partial charge on any atom is 0.340 e. The SMILES string of the molecule is CCOC(=O)c1cc(NC(=O)COc2ccccc2[N+](=O)[O-])ccc1N1CCOCC1. The summed E-state index contributed by atoms with van der Waals surface area (Å²) in [6.45, 7) is 3.92. The molecule has 0 saturated carbocycles. The highest BCUT2D eigenvalue weighted by molar-refractivity contribution is 5.99. The molecule has 10 nitrogen and oxygen atoms in total. The lowest BCUT2D eigenvalue weighted by Gasteiger charge is -2.30. The van der Waals surface area contributed by atoms with Gasteiger partial charge >= 0.3 is 11.7 Å². The highest BCUT2D eigenvalue weighted by Gasteiger charge is 2.21. The number of hydrogen-bond acceptors (Lipinski definition) is 8. The molecule has 1 aliphatic heterocycles. The van der Waals surface area contributed by atoms with Crippen LogP contribution in [0.15, 0.2) is 42.5 Å². The lowest BCUT2D eigenvalue weighted by atomic mass is 10.1. The molecule has 2 aromatic rings. The van der Waals surface area contributed by atoms with Gasteiger partial charge in [-0.3, -0.25) is 14.9 Å². The van der Waals surface area contributed by atoms with Gasteiger partial charge in [0.1, 0.15) is 0 Å². The Hall–Kier alpha value is -3.66. The van der Waals surface area contributed by atoms with Gasteiger partial charge in [-0.2, -0.15) is 0 Å². The molecule has 0 spiro atoms. The molecule has 2 aromatic carbocycles. The summed E-state index contributed by atoms with van der Waals surface area (Å²) in [6, 6.07) is 10.8. The number of esters is 1. The standard InChI is InChI=1S/C21H23N3O7/c1-2-30-21(26)16-13-15(7-8-17(16)23-9-11-29-12-10-23)22-20(25)14-31-19-6-4-3-5-18(19)24(27)28/h3-8,13H,2,9-12,14H2,1H3,(H,22,25). The van der Waals surface area contributed by atoms with Gasteiger partial charge in [0.2, 0.25) is 0 Å². The van der Waals surface area contributed by atoms with Crippen LogP contribution in [0.4, 0.5) is 17.1 Å². The Morgan fingerprint density at radius 1 is 1.19 bits per heavy atom. The predicted molar refractivity (Wildman–Crippen MR) is 113 cm³/mol. The van der Waals surface area contributed by atoms with E-state index in [1.54, 1.807) is 31.2 Å². The smallest absolute Gasteiger partial charge is 0.340 e. The van der Waals surface area contributed by atoms with E-state index in [0.29, 0.717) is 43.2 Å². The van der Waals surface area contributed by atoms with E-state index in [-0.39, 0.29) is 18.0 Å². The number of para-hydroxylation sites is 2. The molecule has 0 aliphatic carbocycles. The van der Waals surface area contributed by atoms with Crippen molar-refractivity contribution in [2.75, 3.05) is 49.7 Å². The maximum absolute atomic E-state index is 12.5. The Bertz CT molecular complexity index is 958. The van der Waals surface area contributed by atoms with Crippen molar-refractivity contribution in [3.8, 4) is 5.75 Å². The molecule has 0 atom stereocenters. The molecule has 0 radical (unpaired) electrons. The summed E-state index contributed by atoms with van der Waals surface area (Å²) in [4.78, 5) is 37.3. The molecule has 1 saturated heterocycles. The van der Waals surface area contributed by atoms with Crippen LogP contribution in [0.3, 0.4) is 0 Å². The number of benzene rings is 2. The van der Waals surface area contributed by atoms with Crippen LogP contribution in [0.2, 0.25) is 0 Å². The van der Waals surface area contributed by atoms with Gasteiger partial charge in [0.25, 0.3) is 5.91 Å². The summed E-state index contributed by atoms with van der Waals surface area (Å²) in [5.41, 5.74) is 1.20. The lowest BCUT2D eigenvalue weighted by molar-refractivity contribution is -0.385. The summed E-state index contributed by atoms with van der Waals surface area (Å²) >= 11 is 0. The van der Waals surface area contributed by atoms with Crippen LogP contribution < -0.4 is 15.0 Å². The fourth-order valence-corrected chi connectivity index (χ4v) is 3.14. The first-order valence-corrected chi connectivity index (χ1v) is 9.79. The molecule has 1 amide bonds. The molecule has 0 unspecified atom stereocenters. The summed E-state index contributed by atoms with van der Waals surface area (Å²) < 4.78 is 15.8. The van der Waals surface area contributed by atoms with Crippen LogP contribution in [0.5, 0.6) is 5.75 Å². The molecule has 10 heteroatoms. The number of carbonyl (C=O) groups excluding carboxylic acids is 2. The number of amides is 1. The van der Waals surface area contributed by atoms with Crippen LogP contribution in [0.1, 0.15) is 17.3 Å². The fourth-order valence-electron chi connectivity index (χ4n) is 3.14. The van der Waals surface area contributed by atoms with Gasteiger partial charge in [-0.25, -0.2) is 4.79 Å². The lowest BCUT2D eigenvalue weighted by Crippen LogP contribution is -2.37. The Morgan fingerprint density at radius 2 is 1.94 bits per heavy atom. The molecule has 0 bridgehead atoms. The fraction of sp³-hybridized carbons (Fsp3) is 0.333. The van der Waals surface area contributed by atoms with Gasteiger partial charge in [0.05, 0.1) is 36.0 Å². The Balaban J connectivity index is 1.72. The van der Waals surface area contributed by atoms with Crippen LogP contribution in [-0.2, 0) is 14.3 Å².